The van der Waals surface area contributed by atoms with Crippen LogP contribution in [0.15, 0.2) is 12.3 Å². The van der Waals surface area contributed by atoms with Crippen molar-refractivity contribution in [3.8, 4) is 5.75 Å². The van der Waals surface area contributed by atoms with Crippen LogP contribution in [0, 0.1) is 10.1 Å². The lowest BCUT2D eigenvalue weighted by Crippen LogP contribution is -2.27. The van der Waals surface area contributed by atoms with Crippen LogP contribution in [0.4, 0.5) is 11.5 Å². The lowest BCUT2D eigenvalue weighted by molar-refractivity contribution is -0.385. The van der Waals surface area contributed by atoms with Gasteiger partial charge in [0.1, 0.15) is 12.3 Å². The molecule has 1 unspecified atom stereocenters. The quantitative estimate of drug-likeness (QED) is 0.608. The average molecular weight is 253 g/mol. The molecular weight excluding hydrogens is 242 g/mol. The zero-order chi connectivity index (χ0) is 13.1. The van der Waals surface area contributed by atoms with Crippen LogP contribution in [0.3, 0.4) is 0 Å². The number of pyridine rings is 1. The normalized spacial score (nSPS) is 18.6. The van der Waals surface area contributed by atoms with E-state index in [-0.39, 0.29) is 11.5 Å². The van der Waals surface area contributed by atoms with Crippen LogP contribution < -0.4 is 5.32 Å². The fourth-order valence-corrected chi connectivity index (χ4v) is 1.62. The third-order valence-corrected chi connectivity index (χ3v) is 2.53. The first kappa shape index (κ1) is 12.2. The van der Waals surface area contributed by atoms with Gasteiger partial charge >= 0.3 is 0 Å². The predicted octanol–water partition coefficient (Wildman–Crippen LogP) is 0.813. The Kier molecular flexibility index (Phi) is 3.38. The van der Waals surface area contributed by atoms with E-state index in [1.54, 1.807) is 0 Å². The van der Waals surface area contributed by atoms with E-state index in [1.807, 2.05) is 0 Å². The molecule has 1 fully saturated rings. The van der Waals surface area contributed by atoms with E-state index < -0.39 is 22.7 Å². The SMILES string of the molecule is O=C(Nc1ncc([N+](=O)[O-])cc1O)C1CCCO1. The first-order chi connectivity index (χ1) is 8.58. The number of amides is 1. The lowest BCUT2D eigenvalue weighted by Gasteiger charge is -2.10. The number of ether oxygens (including phenoxy) is 1. The highest BCUT2D eigenvalue weighted by atomic mass is 16.6. The fraction of sp³-hybridized carbons (Fsp3) is 0.400. The van der Waals surface area contributed by atoms with Gasteiger partial charge in [-0.05, 0) is 12.8 Å². The van der Waals surface area contributed by atoms with Crippen LogP contribution >= 0.6 is 0 Å². The molecule has 1 aromatic rings. The summed E-state index contributed by atoms with van der Waals surface area (Å²) in [7, 11) is 0. The Balaban J connectivity index is 2.09. The van der Waals surface area contributed by atoms with Gasteiger partial charge in [0.05, 0.1) is 11.0 Å². The Morgan fingerprint density at radius 2 is 2.44 bits per heavy atom. The van der Waals surface area contributed by atoms with Crippen LogP contribution in [0.2, 0.25) is 0 Å². The first-order valence-electron chi connectivity index (χ1n) is 5.34. The number of carbonyl (C=O) groups excluding carboxylic acids is 1. The summed E-state index contributed by atoms with van der Waals surface area (Å²) in [5.41, 5.74) is -0.345. The van der Waals surface area contributed by atoms with Crippen LogP contribution in [0.5, 0.6) is 5.75 Å². The molecule has 2 rings (SSSR count). The molecule has 8 nitrogen and oxygen atoms in total. The van der Waals surface area contributed by atoms with Crippen LogP contribution in [-0.4, -0.2) is 33.6 Å². The minimum atomic E-state index is -0.682. The molecule has 1 aromatic heterocycles. The second-order valence-corrected chi connectivity index (χ2v) is 3.81. The van der Waals surface area contributed by atoms with Crippen molar-refractivity contribution >= 4 is 17.4 Å². The third kappa shape index (κ3) is 2.54. The molecule has 0 spiro atoms. The summed E-state index contributed by atoms with van der Waals surface area (Å²) < 4.78 is 5.16. The zero-order valence-corrected chi connectivity index (χ0v) is 9.33. The maximum atomic E-state index is 11.7. The fourth-order valence-electron chi connectivity index (χ4n) is 1.62. The number of anilines is 1. The Labute approximate surface area is 102 Å². The smallest absolute Gasteiger partial charge is 0.291 e. The van der Waals surface area contributed by atoms with Gasteiger partial charge in [0.25, 0.3) is 11.6 Å². The van der Waals surface area contributed by atoms with Crippen LogP contribution in [0.1, 0.15) is 12.8 Å². The van der Waals surface area contributed by atoms with Crippen molar-refractivity contribution in [2.45, 2.75) is 18.9 Å². The predicted molar refractivity (Wildman–Crippen MR) is 60.2 cm³/mol. The highest BCUT2D eigenvalue weighted by molar-refractivity contribution is 5.94. The molecule has 1 amide bonds. The minimum absolute atomic E-state index is 0.110. The van der Waals surface area contributed by atoms with Gasteiger partial charge in [-0.15, -0.1) is 0 Å². The summed E-state index contributed by atoms with van der Waals surface area (Å²) in [5, 5.41) is 22.3. The molecule has 0 aromatic carbocycles. The number of aromatic hydroxyl groups is 1. The molecule has 0 bridgehead atoms. The molecule has 1 aliphatic heterocycles. The van der Waals surface area contributed by atoms with Crippen molar-refractivity contribution in [2.24, 2.45) is 0 Å². The van der Waals surface area contributed by atoms with Gasteiger partial charge in [-0.2, -0.15) is 0 Å². The van der Waals surface area contributed by atoms with Crippen molar-refractivity contribution in [1.29, 1.82) is 0 Å². The van der Waals surface area contributed by atoms with Gasteiger partial charge in [0.15, 0.2) is 11.6 Å². The number of carbonyl (C=O) groups is 1. The molecule has 0 radical (unpaired) electrons. The number of rotatable bonds is 3. The minimum Gasteiger partial charge on any atom is -0.504 e. The van der Waals surface area contributed by atoms with Gasteiger partial charge < -0.3 is 15.2 Å². The highest BCUT2D eigenvalue weighted by Gasteiger charge is 2.25. The maximum absolute atomic E-state index is 11.7. The number of hydrogen-bond donors (Lipinski definition) is 2. The molecule has 0 saturated carbocycles. The van der Waals surface area contributed by atoms with E-state index in [0.29, 0.717) is 13.0 Å². The molecule has 8 heteroatoms. The molecular formula is C10H11N3O5. The lowest BCUT2D eigenvalue weighted by atomic mass is 10.2. The molecule has 1 aliphatic rings. The Morgan fingerprint density at radius 1 is 1.67 bits per heavy atom. The largest absolute Gasteiger partial charge is 0.504 e. The summed E-state index contributed by atoms with van der Waals surface area (Å²) in [5.74, 6) is -0.971. The maximum Gasteiger partial charge on any atom is 0.291 e. The Bertz CT molecular complexity index is 484. The van der Waals surface area contributed by atoms with Crippen molar-refractivity contribution in [1.82, 2.24) is 4.98 Å². The van der Waals surface area contributed by atoms with Gasteiger partial charge in [0.2, 0.25) is 0 Å². The van der Waals surface area contributed by atoms with E-state index in [1.165, 1.54) is 0 Å². The van der Waals surface area contributed by atoms with E-state index in [9.17, 15) is 20.0 Å². The van der Waals surface area contributed by atoms with Gasteiger partial charge in [-0.3, -0.25) is 14.9 Å². The second-order valence-electron chi connectivity index (χ2n) is 3.81. The summed E-state index contributed by atoms with van der Waals surface area (Å²) in [6.07, 6.45) is 1.82. The number of hydrogen-bond acceptors (Lipinski definition) is 6. The van der Waals surface area contributed by atoms with Crippen LogP contribution in [-0.2, 0) is 9.53 Å². The van der Waals surface area contributed by atoms with Crippen molar-refractivity contribution in [2.75, 3.05) is 11.9 Å². The third-order valence-electron chi connectivity index (χ3n) is 2.53. The van der Waals surface area contributed by atoms with Gasteiger partial charge in [-0.25, -0.2) is 4.98 Å². The van der Waals surface area contributed by atoms with Gasteiger partial charge in [0, 0.05) is 6.61 Å². The summed E-state index contributed by atoms with van der Waals surface area (Å²) in [6, 6.07) is 0.929. The van der Waals surface area contributed by atoms with Crippen molar-refractivity contribution in [3.05, 3.63) is 22.4 Å². The molecule has 2 N–H and O–H groups in total. The van der Waals surface area contributed by atoms with E-state index in [2.05, 4.69) is 10.3 Å². The highest BCUT2D eigenvalue weighted by Crippen LogP contribution is 2.25. The number of aromatic nitrogens is 1. The number of nitrogens with zero attached hydrogens (tertiary/aromatic N) is 2. The Morgan fingerprint density at radius 3 is 3.00 bits per heavy atom. The molecule has 1 atom stereocenters. The molecule has 96 valence electrons. The summed E-state index contributed by atoms with van der Waals surface area (Å²) in [4.78, 5) is 25.1. The molecule has 1 saturated heterocycles. The first-order valence-corrected chi connectivity index (χ1v) is 5.34. The van der Waals surface area contributed by atoms with Gasteiger partial charge in [-0.1, -0.05) is 0 Å². The number of nitro groups is 1. The summed E-state index contributed by atoms with van der Waals surface area (Å²) in [6.45, 7) is 0.526. The topological polar surface area (TPSA) is 115 Å². The Hall–Kier alpha value is -2.22. The van der Waals surface area contributed by atoms with Crippen molar-refractivity contribution < 1.29 is 19.6 Å². The van der Waals surface area contributed by atoms with E-state index in [0.717, 1.165) is 18.7 Å². The molecule has 0 aliphatic carbocycles. The standard InChI is InChI=1S/C10H11N3O5/c14-7-4-6(13(16)17)5-11-9(7)12-10(15)8-2-1-3-18-8/h4-5,8,14H,1-3H2,(H,11,12,15). The zero-order valence-electron chi connectivity index (χ0n) is 9.33. The van der Waals surface area contributed by atoms with E-state index >= 15 is 0 Å². The summed E-state index contributed by atoms with van der Waals surface area (Å²) >= 11 is 0. The second kappa shape index (κ2) is 4.96. The number of nitrogens with one attached hydrogen (secondary N) is 1. The monoisotopic (exact) mass is 253 g/mol. The average Bonchev–Trinajstić information content (AvgIpc) is 2.85. The van der Waals surface area contributed by atoms with Crippen LogP contribution in [0.25, 0.3) is 0 Å². The van der Waals surface area contributed by atoms with E-state index in [4.69, 9.17) is 4.74 Å². The molecule has 18 heavy (non-hydrogen) atoms. The van der Waals surface area contributed by atoms with Crippen molar-refractivity contribution in [3.63, 3.8) is 0 Å². The molecule has 2 heterocycles.